The van der Waals surface area contributed by atoms with E-state index < -0.39 is 40.9 Å². The van der Waals surface area contributed by atoms with E-state index in [0.717, 1.165) is 23.3 Å². The Morgan fingerprint density at radius 1 is 1.09 bits per heavy atom. The molecule has 2 aromatic carbocycles. The molecule has 3 aromatic rings. The number of halogens is 3. The number of sulfonamides is 1. The fourth-order valence-electron chi connectivity index (χ4n) is 2.55. The van der Waals surface area contributed by atoms with E-state index in [-0.39, 0.29) is 22.2 Å². The van der Waals surface area contributed by atoms with E-state index in [9.17, 15) is 26.4 Å². The van der Waals surface area contributed by atoms with Crippen LogP contribution in [0.5, 0.6) is 0 Å². The third-order valence-corrected chi connectivity index (χ3v) is 5.89. The van der Waals surface area contributed by atoms with Gasteiger partial charge in [-0.2, -0.15) is 22.9 Å². The molecule has 0 fully saturated rings. The number of rotatable bonds is 7. The first-order valence-corrected chi connectivity index (χ1v) is 10.7. The second-order valence-corrected chi connectivity index (χ2v) is 8.59. The van der Waals surface area contributed by atoms with E-state index in [1.165, 1.54) is 24.3 Å². The first kappa shape index (κ1) is 23.4. The highest BCUT2D eigenvalue weighted by molar-refractivity contribution is 7.89. The minimum absolute atomic E-state index is 0.0141. The number of hydrogen-bond acceptors (Lipinski definition) is 7. The van der Waals surface area contributed by atoms with Crippen LogP contribution in [-0.4, -0.2) is 31.1 Å². The molecule has 0 atom stereocenters. The van der Waals surface area contributed by atoms with Gasteiger partial charge in [-0.3, -0.25) is 4.79 Å². The summed E-state index contributed by atoms with van der Waals surface area (Å²) in [5.74, 6) is -0.975. The van der Waals surface area contributed by atoms with Gasteiger partial charge in [0, 0.05) is 5.56 Å². The van der Waals surface area contributed by atoms with Crippen molar-refractivity contribution in [3.05, 3.63) is 65.0 Å². The van der Waals surface area contributed by atoms with Gasteiger partial charge in [-0.05, 0) is 49.2 Å². The highest BCUT2D eigenvalue weighted by Crippen LogP contribution is 2.30. The SMILES string of the molecule is Cc1ccc(S(=O)(=O)NCC(=O)OCc2nc(-c3ccc(C(F)(F)F)cc3)no2)cc1C. The monoisotopic (exact) mass is 469 g/mol. The lowest BCUT2D eigenvalue weighted by Crippen LogP contribution is -2.30. The van der Waals surface area contributed by atoms with Crippen LogP contribution in [0.15, 0.2) is 51.9 Å². The number of alkyl halides is 3. The molecule has 0 aliphatic carbocycles. The van der Waals surface area contributed by atoms with Gasteiger partial charge in [-0.25, -0.2) is 8.42 Å². The van der Waals surface area contributed by atoms with Gasteiger partial charge in [0.2, 0.25) is 15.8 Å². The molecule has 8 nitrogen and oxygen atoms in total. The molecule has 0 saturated heterocycles. The molecule has 0 bridgehead atoms. The van der Waals surface area contributed by atoms with Crippen molar-refractivity contribution < 1.29 is 35.6 Å². The van der Waals surface area contributed by atoms with Crippen LogP contribution in [0.2, 0.25) is 0 Å². The van der Waals surface area contributed by atoms with Crippen molar-refractivity contribution >= 4 is 16.0 Å². The third kappa shape index (κ3) is 5.71. The first-order chi connectivity index (χ1) is 15.0. The fraction of sp³-hybridized carbons (Fsp3) is 0.250. The van der Waals surface area contributed by atoms with Crippen LogP contribution in [-0.2, 0) is 32.3 Å². The average molecular weight is 469 g/mol. The molecule has 1 aromatic heterocycles. The Morgan fingerprint density at radius 3 is 2.41 bits per heavy atom. The molecule has 12 heteroatoms. The Labute approximate surface area is 181 Å². The lowest BCUT2D eigenvalue weighted by molar-refractivity contribution is -0.144. The molecule has 1 heterocycles. The molecule has 170 valence electrons. The molecule has 32 heavy (non-hydrogen) atoms. The van der Waals surface area contributed by atoms with Crippen LogP contribution in [0, 0.1) is 13.8 Å². The second-order valence-electron chi connectivity index (χ2n) is 6.82. The summed E-state index contributed by atoms with van der Waals surface area (Å²) in [5, 5.41) is 3.63. The quantitative estimate of drug-likeness (QED) is 0.528. The molecule has 0 radical (unpaired) electrons. The predicted molar refractivity (Wildman–Crippen MR) is 106 cm³/mol. The fourth-order valence-corrected chi connectivity index (χ4v) is 3.60. The summed E-state index contributed by atoms with van der Waals surface area (Å²) < 4.78 is 74.4. The molecule has 0 aliphatic rings. The zero-order valence-electron chi connectivity index (χ0n) is 16.9. The summed E-state index contributed by atoms with van der Waals surface area (Å²) in [6.45, 7) is 2.57. The molecule has 0 unspecified atom stereocenters. The van der Waals surface area contributed by atoms with Gasteiger partial charge < -0.3 is 9.26 Å². The first-order valence-electron chi connectivity index (χ1n) is 9.18. The number of carbonyl (C=O) groups is 1. The second kappa shape index (κ2) is 9.09. The molecular formula is C20H18F3N3O5S. The summed E-state index contributed by atoms with van der Waals surface area (Å²) in [4.78, 5) is 15.8. The smallest absolute Gasteiger partial charge is 0.416 e. The number of nitrogens with one attached hydrogen (secondary N) is 1. The summed E-state index contributed by atoms with van der Waals surface area (Å²) in [6, 6.07) is 8.71. The zero-order chi connectivity index (χ0) is 23.5. The molecule has 3 rings (SSSR count). The van der Waals surface area contributed by atoms with Crippen molar-refractivity contribution in [2.24, 2.45) is 0 Å². The Bertz CT molecular complexity index is 1220. The maximum atomic E-state index is 12.6. The Morgan fingerprint density at radius 2 is 1.78 bits per heavy atom. The van der Waals surface area contributed by atoms with E-state index >= 15 is 0 Å². The lowest BCUT2D eigenvalue weighted by atomic mass is 10.1. The van der Waals surface area contributed by atoms with Crippen molar-refractivity contribution in [2.45, 2.75) is 31.5 Å². The number of carbonyl (C=O) groups excluding carboxylic acids is 1. The maximum Gasteiger partial charge on any atom is 0.416 e. The Kier molecular flexibility index (Phi) is 6.65. The van der Waals surface area contributed by atoms with Crippen molar-refractivity contribution in [3.8, 4) is 11.4 Å². The minimum atomic E-state index is -4.46. The van der Waals surface area contributed by atoms with Gasteiger partial charge in [-0.15, -0.1) is 0 Å². The predicted octanol–water partition coefficient (Wildman–Crippen LogP) is 3.39. The molecule has 1 N–H and O–H groups in total. The molecular weight excluding hydrogens is 451 g/mol. The summed E-state index contributed by atoms with van der Waals surface area (Å²) in [5.41, 5.74) is 1.18. The van der Waals surface area contributed by atoms with E-state index in [1.54, 1.807) is 13.0 Å². The van der Waals surface area contributed by atoms with Crippen LogP contribution in [0.25, 0.3) is 11.4 Å². The summed E-state index contributed by atoms with van der Waals surface area (Å²) >= 11 is 0. The number of nitrogens with zero attached hydrogens (tertiary/aromatic N) is 2. The molecule has 0 aliphatic heterocycles. The highest BCUT2D eigenvalue weighted by Gasteiger charge is 2.30. The van der Waals surface area contributed by atoms with Crippen molar-refractivity contribution in [2.75, 3.05) is 6.54 Å². The maximum absolute atomic E-state index is 12.6. The van der Waals surface area contributed by atoms with Gasteiger partial charge >= 0.3 is 12.1 Å². The van der Waals surface area contributed by atoms with Gasteiger partial charge in [0.15, 0.2) is 6.61 Å². The summed E-state index contributed by atoms with van der Waals surface area (Å²) in [7, 11) is -3.91. The number of hydrogen-bond donors (Lipinski definition) is 1. The normalized spacial score (nSPS) is 12.0. The van der Waals surface area contributed by atoms with E-state index in [4.69, 9.17) is 9.26 Å². The molecule has 0 amide bonds. The van der Waals surface area contributed by atoms with Crippen molar-refractivity contribution in [3.63, 3.8) is 0 Å². The van der Waals surface area contributed by atoms with Crippen LogP contribution >= 0.6 is 0 Å². The standard InChI is InChI=1S/C20H18F3N3O5S/c1-12-3-8-16(9-13(12)2)32(28,29)24-10-18(27)30-11-17-25-19(26-31-17)14-4-6-15(7-5-14)20(21,22)23/h3-9,24H,10-11H2,1-2H3. The van der Waals surface area contributed by atoms with E-state index in [1.807, 2.05) is 6.92 Å². The average Bonchev–Trinajstić information content (AvgIpc) is 3.21. The Balaban J connectivity index is 1.54. The van der Waals surface area contributed by atoms with Crippen molar-refractivity contribution in [1.82, 2.24) is 14.9 Å². The Hall–Kier alpha value is -3.25. The number of benzene rings is 2. The van der Waals surface area contributed by atoms with Gasteiger partial charge in [0.25, 0.3) is 5.89 Å². The van der Waals surface area contributed by atoms with E-state index in [0.29, 0.717) is 0 Å². The van der Waals surface area contributed by atoms with Gasteiger partial charge in [0.1, 0.15) is 6.54 Å². The largest absolute Gasteiger partial charge is 0.455 e. The number of ether oxygens (including phenoxy) is 1. The number of aromatic nitrogens is 2. The number of aryl methyl sites for hydroxylation is 2. The van der Waals surface area contributed by atoms with Crippen LogP contribution in [0.1, 0.15) is 22.6 Å². The number of esters is 1. The van der Waals surface area contributed by atoms with Crippen LogP contribution in [0.3, 0.4) is 0 Å². The molecule has 0 saturated carbocycles. The van der Waals surface area contributed by atoms with Crippen LogP contribution < -0.4 is 4.72 Å². The molecule has 0 spiro atoms. The highest BCUT2D eigenvalue weighted by atomic mass is 32.2. The van der Waals surface area contributed by atoms with Crippen molar-refractivity contribution in [1.29, 1.82) is 0 Å². The topological polar surface area (TPSA) is 111 Å². The summed E-state index contributed by atoms with van der Waals surface area (Å²) in [6.07, 6.45) is -4.46. The van der Waals surface area contributed by atoms with E-state index in [2.05, 4.69) is 14.9 Å². The van der Waals surface area contributed by atoms with Gasteiger partial charge in [0.05, 0.1) is 10.5 Å². The minimum Gasteiger partial charge on any atom is -0.455 e. The van der Waals surface area contributed by atoms with Crippen LogP contribution in [0.4, 0.5) is 13.2 Å². The lowest BCUT2D eigenvalue weighted by Gasteiger charge is -2.08. The third-order valence-electron chi connectivity index (χ3n) is 4.49. The van der Waals surface area contributed by atoms with Gasteiger partial charge in [-0.1, -0.05) is 23.4 Å². The zero-order valence-corrected chi connectivity index (χ0v) is 17.7.